The summed E-state index contributed by atoms with van der Waals surface area (Å²) < 4.78 is 11.7. The number of esters is 2. The van der Waals surface area contributed by atoms with Crippen LogP contribution in [0.2, 0.25) is 0 Å². The van der Waals surface area contributed by atoms with E-state index in [9.17, 15) is 9.59 Å². The summed E-state index contributed by atoms with van der Waals surface area (Å²) in [5.41, 5.74) is -0.599. The van der Waals surface area contributed by atoms with Crippen molar-refractivity contribution in [2.75, 3.05) is 0 Å². The van der Waals surface area contributed by atoms with E-state index in [4.69, 9.17) is 9.47 Å². The van der Waals surface area contributed by atoms with Gasteiger partial charge in [-0.2, -0.15) is 0 Å². The van der Waals surface area contributed by atoms with Crippen LogP contribution in [0.3, 0.4) is 0 Å². The van der Waals surface area contributed by atoms with Gasteiger partial charge < -0.3 is 9.47 Å². The Labute approximate surface area is 160 Å². The van der Waals surface area contributed by atoms with Crippen LogP contribution in [-0.2, 0) is 19.1 Å². The lowest BCUT2D eigenvalue weighted by molar-refractivity contribution is -0.178. The number of unbranched alkanes of at least 4 members (excludes halogenated alkanes) is 4. The summed E-state index contributed by atoms with van der Waals surface area (Å²) in [5, 5.41) is 0. The van der Waals surface area contributed by atoms with Gasteiger partial charge >= 0.3 is 11.9 Å². The van der Waals surface area contributed by atoms with Crippen molar-refractivity contribution in [3.05, 3.63) is 0 Å². The summed E-state index contributed by atoms with van der Waals surface area (Å²) in [4.78, 5) is 24.4. The summed E-state index contributed by atoms with van der Waals surface area (Å²) >= 11 is 0. The third-order valence-corrected chi connectivity index (χ3v) is 5.58. The predicted molar refractivity (Wildman–Crippen MR) is 105 cm³/mol. The molecule has 0 saturated heterocycles. The van der Waals surface area contributed by atoms with Gasteiger partial charge in [-0.1, -0.05) is 52.9 Å². The van der Waals surface area contributed by atoms with Crippen LogP contribution in [-0.4, -0.2) is 23.6 Å². The molecule has 0 aliphatic heterocycles. The number of hydrogen-bond donors (Lipinski definition) is 0. The molecule has 0 bridgehead atoms. The molecule has 0 spiro atoms. The minimum atomic E-state index is -0.599. The van der Waals surface area contributed by atoms with E-state index < -0.39 is 5.60 Å². The molecule has 3 atom stereocenters. The summed E-state index contributed by atoms with van der Waals surface area (Å²) in [5.74, 6) is 0.377. The van der Waals surface area contributed by atoms with E-state index in [1.165, 1.54) is 0 Å². The van der Waals surface area contributed by atoms with E-state index in [2.05, 4.69) is 20.8 Å². The van der Waals surface area contributed by atoms with Gasteiger partial charge in [-0.25, -0.2) is 0 Å². The second kappa shape index (κ2) is 11.6. The number of hydrogen-bond acceptors (Lipinski definition) is 4. The van der Waals surface area contributed by atoms with Gasteiger partial charge in [-0.15, -0.1) is 0 Å². The molecule has 4 heteroatoms. The Balaban J connectivity index is 2.65. The van der Waals surface area contributed by atoms with Crippen LogP contribution in [0.4, 0.5) is 0 Å². The minimum Gasteiger partial charge on any atom is -0.462 e. The first-order valence-electron chi connectivity index (χ1n) is 10.7. The van der Waals surface area contributed by atoms with E-state index in [1.807, 2.05) is 13.8 Å². The van der Waals surface area contributed by atoms with Crippen LogP contribution in [0.15, 0.2) is 0 Å². The van der Waals surface area contributed by atoms with Gasteiger partial charge in [0.05, 0.1) is 0 Å². The first-order valence-corrected chi connectivity index (χ1v) is 10.7. The van der Waals surface area contributed by atoms with Crippen LogP contribution in [0.1, 0.15) is 105 Å². The first-order chi connectivity index (χ1) is 12.3. The fourth-order valence-corrected chi connectivity index (χ4v) is 3.94. The quantitative estimate of drug-likeness (QED) is 0.341. The molecule has 1 aliphatic rings. The van der Waals surface area contributed by atoms with E-state index >= 15 is 0 Å². The molecule has 0 aromatic rings. The van der Waals surface area contributed by atoms with Crippen molar-refractivity contribution in [2.24, 2.45) is 11.8 Å². The number of carbonyl (C=O) groups is 2. The molecule has 1 saturated carbocycles. The predicted octanol–water partition coefficient (Wildman–Crippen LogP) is 5.82. The van der Waals surface area contributed by atoms with Crippen LogP contribution in [0.5, 0.6) is 0 Å². The SMILES string of the molecule is CCCCCC(=O)OC1CC(C)CCC1C(C)(C)OC(=O)CCCCC. The van der Waals surface area contributed by atoms with Gasteiger partial charge in [0.15, 0.2) is 0 Å². The topological polar surface area (TPSA) is 52.6 Å². The fraction of sp³-hybridized carbons (Fsp3) is 0.909. The Morgan fingerprint density at radius 1 is 0.923 bits per heavy atom. The molecule has 0 aromatic carbocycles. The molecular formula is C22H40O4. The Hall–Kier alpha value is -1.06. The summed E-state index contributed by atoms with van der Waals surface area (Å²) in [6, 6.07) is 0. The highest BCUT2D eigenvalue weighted by Gasteiger charge is 2.43. The molecule has 3 unspecified atom stereocenters. The Morgan fingerprint density at radius 3 is 2.08 bits per heavy atom. The lowest BCUT2D eigenvalue weighted by atomic mass is 9.73. The zero-order chi connectivity index (χ0) is 19.6. The van der Waals surface area contributed by atoms with Crippen molar-refractivity contribution in [3.8, 4) is 0 Å². The molecule has 4 nitrogen and oxygen atoms in total. The molecule has 0 radical (unpaired) electrons. The number of carbonyl (C=O) groups excluding carboxylic acids is 2. The Morgan fingerprint density at radius 2 is 1.50 bits per heavy atom. The number of ether oxygens (including phenoxy) is 2. The smallest absolute Gasteiger partial charge is 0.306 e. The third kappa shape index (κ3) is 8.09. The zero-order valence-corrected chi connectivity index (χ0v) is 17.6. The lowest BCUT2D eigenvalue weighted by Gasteiger charge is -2.42. The summed E-state index contributed by atoms with van der Waals surface area (Å²) in [6.07, 6.45) is 9.76. The van der Waals surface area contributed by atoms with Gasteiger partial charge in [0, 0.05) is 18.8 Å². The molecule has 0 N–H and O–H groups in total. The molecule has 26 heavy (non-hydrogen) atoms. The molecule has 1 aliphatic carbocycles. The maximum absolute atomic E-state index is 12.2. The second-order valence-electron chi connectivity index (χ2n) is 8.54. The van der Waals surface area contributed by atoms with Crippen molar-refractivity contribution in [1.29, 1.82) is 0 Å². The van der Waals surface area contributed by atoms with Crippen LogP contribution < -0.4 is 0 Å². The Kier molecular flexibility index (Phi) is 10.3. The normalized spacial score (nSPS) is 23.5. The van der Waals surface area contributed by atoms with Crippen LogP contribution in [0, 0.1) is 11.8 Å². The van der Waals surface area contributed by atoms with Crippen molar-refractivity contribution in [1.82, 2.24) is 0 Å². The van der Waals surface area contributed by atoms with E-state index in [1.54, 1.807) is 0 Å². The molecule has 1 rings (SSSR count). The van der Waals surface area contributed by atoms with E-state index in [0.717, 1.165) is 57.8 Å². The molecule has 152 valence electrons. The van der Waals surface area contributed by atoms with Gasteiger partial charge in [-0.3, -0.25) is 9.59 Å². The number of rotatable bonds is 11. The van der Waals surface area contributed by atoms with Gasteiger partial charge in [0.2, 0.25) is 0 Å². The average Bonchev–Trinajstić information content (AvgIpc) is 2.54. The largest absolute Gasteiger partial charge is 0.462 e. The van der Waals surface area contributed by atoms with E-state index in [-0.39, 0.29) is 24.0 Å². The fourth-order valence-electron chi connectivity index (χ4n) is 3.94. The van der Waals surface area contributed by atoms with E-state index in [0.29, 0.717) is 18.8 Å². The van der Waals surface area contributed by atoms with Crippen molar-refractivity contribution >= 4 is 11.9 Å². The highest BCUT2D eigenvalue weighted by molar-refractivity contribution is 5.70. The van der Waals surface area contributed by atoms with Crippen LogP contribution in [0.25, 0.3) is 0 Å². The van der Waals surface area contributed by atoms with Crippen molar-refractivity contribution in [2.45, 2.75) is 117 Å². The standard InChI is InChI=1S/C22H40O4/c1-6-8-10-12-20(23)25-19-16-17(3)14-15-18(19)22(4,5)26-21(24)13-11-9-7-2/h17-19H,6-16H2,1-5H3. The maximum atomic E-state index is 12.2. The van der Waals surface area contributed by atoms with Crippen molar-refractivity contribution < 1.29 is 19.1 Å². The van der Waals surface area contributed by atoms with Gasteiger partial charge in [0.25, 0.3) is 0 Å². The molecular weight excluding hydrogens is 328 g/mol. The third-order valence-electron chi connectivity index (χ3n) is 5.58. The molecule has 0 heterocycles. The van der Waals surface area contributed by atoms with Gasteiger partial charge in [-0.05, 0) is 45.4 Å². The first kappa shape index (κ1) is 23.0. The molecule has 1 fully saturated rings. The summed E-state index contributed by atoms with van der Waals surface area (Å²) in [7, 11) is 0. The molecule has 0 aromatic heterocycles. The monoisotopic (exact) mass is 368 g/mol. The highest BCUT2D eigenvalue weighted by Crippen LogP contribution is 2.39. The van der Waals surface area contributed by atoms with Gasteiger partial charge in [0.1, 0.15) is 11.7 Å². The maximum Gasteiger partial charge on any atom is 0.306 e. The Bertz CT molecular complexity index is 430. The second-order valence-corrected chi connectivity index (χ2v) is 8.54. The van der Waals surface area contributed by atoms with Crippen molar-refractivity contribution in [3.63, 3.8) is 0 Å². The lowest BCUT2D eigenvalue weighted by Crippen LogP contribution is -2.47. The summed E-state index contributed by atoms with van der Waals surface area (Å²) in [6.45, 7) is 10.4. The zero-order valence-electron chi connectivity index (χ0n) is 17.6. The highest BCUT2D eigenvalue weighted by atomic mass is 16.6. The molecule has 0 amide bonds. The van der Waals surface area contributed by atoms with Crippen LogP contribution >= 0.6 is 0 Å². The minimum absolute atomic E-state index is 0.0731. The average molecular weight is 369 g/mol.